The number of likely N-dealkylation sites (N-methyl/N-ethyl adjacent to an activating group) is 1. The van der Waals surface area contributed by atoms with E-state index in [-0.39, 0.29) is 38.6 Å². The molecule has 0 aromatic carbocycles. The van der Waals surface area contributed by atoms with E-state index < -0.39 is 24.3 Å². The van der Waals surface area contributed by atoms with Gasteiger partial charge < -0.3 is 28.5 Å². The van der Waals surface area contributed by atoms with E-state index in [1.54, 1.807) is 0 Å². The van der Waals surface area contributed by atoms with Crippen LogP contribution in [0.3, 0.4) is 0 Å². The summed E-state index contributed by atoms with van der Waals surface area (Å²) in [6.45, 7) is 4.70. The van der Waals surface area contributed by atoms with Gasteiger partial charge in [-0.05, 0) is 96.3 Å². The van der Waals surface area contributed by atoms with Gasteiger partial charge in [0.25, 0.3) is 6.29 Å². The zero-order valence-corrected chi connectivity index (χ0v) is 49.4. The third-order valence-electron chi connectivity index (χ3n) is 12.8. The van der Waals surface area contributed by atoms with Crippen LogP contribution in [0.1, 0.15) is 239 Å². The highest BCUT2D eigenvalue weighted by Crippen LogP contribution is 2.16. The number of carboxylic acids is 1. The van der Waals surface area contributed by atoms with Crippen molar-refractivity contribution >= 4 is 17.9 Å². The minimum Gasteiger partial charge on any atom is -0.477 e. The molecule has 0 aromatic rings. The quantitative estimate of drug-likeness (QED) is 0.0211. The molecule has 0 radical (unpaired) electrons. The highest BCUT2D eigenvalue weighted by molar-refractivity contribution is 5.71. The van der Waals surface area contributed by atoms with Gasteiger partial charge in [0, 0.05) is 12.8 Å². The number of unbranched alkanes of at least 4 members (excludes halogenated alkanes) is 22. The van der Waals surface area contributed by atoms with Gasteiger partial charge in [-0.25, -0.2) is 4.79 Å². The van der Waals surface area contributed by atoms with Crippen molar-refractivity contribution in [2.75, 3.05) is 47.5 Å². The Labute approximate surface area is 466 Å². The van der Waals surface area contributed by atoms with Crippen LogP contribution in [0.2, 0.25) is 0 Å². The molecule has 434 valence electrons. The summed E-state index contributed by atoms with van der Waals surface area (Å²) in [5.41, 5.74) is 0. The number of rotatable bonds is 55. The largest absolute Gasteiger partial charge is 0.477 e. The molecule has 9 heteroatoms. The highest BCUT2D eigenvalue weighted by atomic mass is 16.7. The van der Waals surface area contributed by atoms with Crippen molar-refractivity contribution in [2.24, 2.45) is 0 Å². The van der Waals surface area contributed by atoms with Gasteiger partial charge in [0.1, 0.15) is 13.2 Å². The van der Waals surface area contributed by atoms with Gasteiger partial charge in [-0.3, -0.25) is 9.59 Å². The van der Waals surface area contributed by atoms with Crippen LogP contribution in [-0.4, -0.2) is 87.4 Å². The Morgan fingerprint density at radius 2 is 0.750 bits per heavy atom. The molecular weight excluding hydrogens is 947 g/mol. The maximum absolute atomic E-state index is 12.9. The number of esters is 2. The zero-order valence-electron chi connectivity index (χ0n) is 49.4. The Morgan fingerprint density at radius 1 is 0.408 bits per heavy atom. The predicted molar refractivity (Wildman–Crippen MR) is 322 cm³/mol. The van der Waals surface area contributed by atoms with Crippen molar-refractivity contribution in [2.45, 2.75) is 251 Å². The summed E-state index contributed by atoms with van der Waals surface area (Å²) in [7, 11) is 5.96. The first-order chi connectivity index (χ1) is 37.1. The third-order valence-corrected chi connectivity index (χ3v) is 12.8. The molecule has 2 atom stereocenters. The normalized spacial score (nSPS) is 13.5. The summed E-state index contributed by atoms with van der Waals surface area (Å²) in [6.07, 6.45) is 76.1. The summed E-state index contributed by atoms with van der Waals surface area (Å²) >= 11 is 0. The molecule has 0 saturated heterocycles. The monoisotopic (exact) mass is 1060 g/mol. The Kier molecular flexibility index (Phi) is 54.1. The number of aliphatic carboxylic acids is 1. The minimum absolute atomic E-state index is 0.182. The number of carboxylic acid groups (broad SMARTS) is 1. The maximum atomic E-state index is 12.9. The molecular formula is C67H114NO8+. The number of hydrogen-bond acceptors (Lipinski definition) is 7. The maximum Gasteiger partial charge on any atom is 0.361 e. The molecule has 1 N–H and O–H groups in total. The molecule has 0 aliphatic heterocycles. The van der Waals surface area contributed by atoms with Crippen molar-refractivity contribution in [1.29, 1.82) is 0 Å². The number of ether oxygens (including phenoxy) is 4. The number of allylic oxidation sites excluding steroid dienone is 18. The number of carbonyl (C=O) groups excluding carboxylic acids is 2. The van der Waals surface area contributed by atoms with Gasteiger partial charge in [0.15, 0.2) is 6.10 Å². The van der Waals surface area contributed by atoms with Crippen LogP contribution < -0.4 is 0 Å². The Balaban J connectivity index is 4.10. The van der Waals surface area contributed by atoms with Gasteiger partial charge in [-0.15, -0.1) is 0 Å². The number of nitrogens with zero attached hydrogens (tertiary/aromatic N) is 1. The molecule has 0 heterocycles. The van der Waals surface area contributed by atoms with Crippen LogP contribution in [0.5, 0.6) is 0 Å². The van der Waals surface area contributed by atoms with Gasteiger partial charge in [0.2, 0.25) is 0 Å². The molecule has 0 amide bonds. The fourth-order valence-electron chi connectivity index (χ4n) is 8.07. The summed E-state index contributed by atoms with van der Waals surface area (Å²) in [5, 5.41) is 9.70. The molecule has 0 aromatic heterocycles. The molecule has 0 fully saturated rings. The van der Waals surface area contributed by atoms with Gasteiger partial charge in [-0.2, -0.15) is 0 Å². The van der Waals surface area contributed by atoms with Gasteiger partial charge in [-0.1, -0.05) is 239 Å². The SMILES string of the molecule is CC/C=C\C/C=C\C/C=C\C/C=C\C/C=C\C/C=C\C/C=C\CCCCCCCCCCCCCCCCCC(=O)OC(COC(=O)CCCCCCC/C=C\C/C=C\CCCC)COC(OCC[N+](C)(C)C)C(=O)O. The lowest BCUT2D eigenvalue weighted by atomic mass is 10.0. The zero-order chi connectivity index (χ0) is 55.5. The summed E-state index contributed by atoms with van der Waals surface area (Å²) < 4.78 is 22.8. The first kappa shape index (κ1) is 72.0. The lowest BCUT2D eigenvalue weighted by Crippen LogP contribution is -2.40. The van der Waals surface area contributed by atoms with E-state index in [1.807, 2.05) is 21.1 Å². The second kappa shape index (κ2) is 57.1. The van der Waals surface area contributed by atoms with Crippen LogP contribution in [0, 0.1) is 0 Å². The topological polar surface area (TPSA) is 108 Å². The van der Waals surface area contributed by atoms with Crippen molar-refractivity contribution in [1.82, 2.24) is 0 Å². The Bertz CT molecular complexity index is 1610. The van der Waals surface area contributed by atoms with Crippen molar-refractivity contribution < 1.29 is 42.9 Å². The lowest BCUT2D eigenvalue weighted by Gasteiger charge is -2.25. The summed E-state index contributed by atoms with van der Waals surface area (Å²) in [5.74, 6) is -2.03. The highest BCUT2D eigenvalue weighted by Gasteiger charge is 2.25. The Morgan fingerprint density at radius 3 is 1.12 bits per heavy atom. The molecule has 0 saturated carbocycles. The van der Waals surface area contributed by atoms with Crippen LogP contribution in [-0.2, 0) is 33.3 Å². The van der Waals surface area contributed by atoms with E-state index in [1.165, 1.54) is 96.3 Å². The van der Waals surface area contributed by atoms with E-state index in [4.69, 9.17) is 18.9 Å². The first-order valence-corrected chi connectivity index (χ1v) is 30.6. The standard InChI is InChI=1S/C67H113NO8/c1-6-8-10-12-14-16-18-20-22-23-24-25-26-27-28-29-30-31-32-33-34-35-36-37-38-39-40-41-42-43-44-46-48-50-52-54-56-58-65(70)76-63(62-75-67(66(71)72)73-60-59-68(3,4)5)61-74-64(69)57-55-53-51-49-47-45-21-19-17-15-13-11-9-7-2/h8,10,13-16,19-22,24-25,27-28,30-31,33-34,63,67H,6-7,9,11-12,17-18,23,26,29,32,35-62H2,1-5H3/p+1/b10-8-,15-13-,16-14-,21-19-,22-20-,25-24-,28-27-,31-30-,34-33-. The third kappa shape index (κ3) is 57.7. The second-order valence-electron chi connectivity index (χ2n) is 21.3. The van der Waals surface area contributed by atoms with E-state index in [0.717, 1.165) is 109 Å². The summed E-state index contributed by atoms with van der Waals surface area (Å²) in [4.78, 5) is 37.4. The molecule has 0 bridgehead atoms. The molecule has 0 rings (SSSR count). The second-order valence-corrected chi connectivity index (χ2v) is 21.3. The minimum atomic E-state index is -1.52. The van der Waals surface area contributed by atoms with E-state index in [9.17, 15) is 19.5 Å². The smallest absolute Gasteiger partial charge is 0.361 e. The van der Waals surface area contributed by atoms with E-state index >= 15 is 0 Å². The fraction of sp³-hybridized carbons (Fsp3) is 0.687. The van der Waals surface area contributed by atoms with E-state index in [2.05, 4.69) is 123 Å². The van der Waals surface area contributed by atoms with Crippen molar-refractivity contribution in [3.63, 3.8) is 0 Å². The van der Waals surface area contributed by atoms with Crippen LogP contribution >= 0.6 is 0 Å². The first-order valence-electron chi connectivity index (χ1n) is 30.6. The average Bonchev–Trinajstić information content (AvgIpc) is 3.39. The summed E-state index contributed by atoms with van der Waals surface area (Å²) in [6, 6.07) is 0. The average molecular weight is 1060 g/mol. The molecule has 0 aliphatic carbocycles. The van der Waals surface area contributed by atoms with Crippen LogP contribution in [0.15, 0.2) is 109 Å². The van der Waals surface area contributed by atoms with Gasteiger partial charge >= 0.3 is 17.9 Å². The lowest BCUT2D eigenvalue weighted by molar-refractivity contribution is -0.870. The van der Waals surface area contributed by atoms with Crippen molar-refractivity contribution in [3.05, 3.63) is 109 Å². The number of hydrogen-bond donors (Lipinski definition) is 1. The van der Waals surface area contributed by atoms with Gasteiger partial charge in [0.05, 0.1) is 34.4 Å². The van der Waals surface area contributed by atoms with E-state index in [0.29, 0.717) is 17.4 Å². The molecule has 0 spiro atoms. The molecule has 0 aliphatic rings. The number of quaternary nitrogens is 1. The molecule has 9 nitrogen and oxygen atoms in total. The van der Waals surface area contributed by atoms with Crippen LogP contribution in [0.4, 0.5) is 0 Å². The molecule has 2 unspecified atom stereocenters. The number of carbonyl (C=O) groups is 3. The van der Waals surface area contributed by atoms with Crippen LogP contribution in [0.25, 0.3) is 0 Å². The fourth-order valence-corrected chi connectivity index (χ4v) is 8.07. The molecule has 76 heavy (non-hydrogen) atoms. The van der Waals surface area contributed by atoms with Crippen molar-refractivity contribution in [3.8, 4) is 0 Å². The predicted octanol–water partition coefficient (Wildman–Crippen LogP) is 18.3. The Hall–Kier alpha value is -4.05.